The lowest BCUT2D eigenvalue weighted by atomic mass is 9.75. The molecule has 1 N–H and O–H groups in total. The number of rotatable bonds is 6. The van der Waals surface area contributed by atoms with E-state index in [4.69, 9.17) is 18.9 Å². The number of aliphatic hydroxyl groups excluding tert-OH is 1. The van der Waals surface area contributed by atoms with Crippen molar-refractivity contribution in [2.24, 2.45) is 0 Å². The van der Waals surface area contributed by atoms with Crippen LogP contribution < -0.4 is 14.2 Å². The fourth-order valence-corrected chi connectivity index (χ4v) is 2.50. The van der Waals surface area contributed by atoms with Gasteiger partial charge in [-0.3, -0.25) is 0 Å². The van der Waals surface area contributed by atoms with Crippen LogP contribution in [-0.4, -0.2) is 46.3 Å². The third-order valence-electron chi connectivity index (χ3n) is 3.59. The van der Waals surface area contributed by atoms with Crippen LogP contribution in [0.1, 0.15) is 12.0 Å². The molecule has 0 saturated carbocycles. The quantitative estimate of drug-likeness (QED) is 0.844. The average Bonchev–Trinajstić information content (AvgIpc) is 2.41. The van der Waals surface area contributed by atoms with E-state index in [0.29, 0.717) is 36.9 Å². The van der Waals surface area contributed by atoms with Gasteiger partial charge in [0, 0.05) is 24.3 Å². The van der Waals surface area contributed by atoms with E-state index in [1.165, 1.54) is 0 Å². The summed E-state index contributed by atoms with van der Waals surface area (Å²) < 4.78 is 21.5. The highest BCUT2D eigenvalue weighted by atomic mass is 16.5. The summed E-state index contributed by atoms with van der Waals surface area (Å²) in [6.07, 6.45) is 0.617. The van der Waals surface area contributed by atoms with E-state index in [9.17, 15) is 5.11 Å². The molecule has 2 rings (SSSR count). The number of benzene rings is 1. The first-order chi connectivity index (χ1) is 9.20. The van der Waals surface area contributed by atoms with Crippen molar-refractivity contribution >= 4 is 0 Å². The first-order valence-corrected chi connectivity index (χ1v) is 6.20. The highest BCUT2D eigenvalue weighted by molar-refractivity contribution is 5.55. The molecule has 0 amide bonds. The van der Waals surface area contributed by atoms with Gasteiger partial charge < -0.3 is 24.1 Å². The Morgan fingerprint density at radius 3 is 2.00 bits per heavy atom. The Labute approximate surface area is 113 Å². The smallest absolute Gasteiger partial charge is 0.130 e. The molecule has 106 valence electrons. The van der Waals surface area contributed by atoms with E-state index in [-0.39, 0.29) is 12.0 Å². The molecular formula is C14H20O5. The molecule has 1 saturated heterocycles. The predicted octanol–water partition coefficient (Wildman–Crippen LogP) is 1.36. The van der Waals surface area contributed by atoms with E-state index < -0.39 is 0 Å². The van der Waals surface area contributed by atoms with Gasteiger partial charge in [-0.2, -0.15) is 0 Å². The monoisotopic (exact) mass is 268 g/mol. The molecule has 0 spiro atoms. The summed E-state index contributed by atoms with van der Waals surface area (Å²) >= 11 is 0. The molecule has 1 heterocycles. The topological polar surface area (TPSA) is 57.2 Å². The third kappa shape index (κ3) is 2.35. The Kier molecular flexibility index (Phi) is 4.17. The number of aliphatic hydroxyl groups is 1. The molecule has 5 heteroatoms. The van der Waals surface area contributed by atoms with Crippen molar-refractivity contribution in [3.05, 3.63) is 17.7 Å². The van der Waals surface area contributed by atoms with Crippen molar-refractivity contribution < 1.29 is 24.1 Å². The molecule has 0 radical (unpaired) electrons. The minimum absolute atomic E-state index is 0.0989. The van der Waals surface area contributed by atoms with Crippen LogP contribution in [-0.2, 0) is 10.2 Å². The van der Waals surface area contributed by atoms with Crippen LogP contribution >= 0.6 is 0 Å². The molecule has 1 fully saturated rings. The van der Waals surface area contributed by atoms with Gasteiger partial charge in [0.15, 0.2) is 0 Å². The van der Waals surface area contributed by atoms with E-state index in [2.05, 4.69) is 0 Å². The minimum Gasteiger partial charge on any atom is -0.496 e. The summed E-state index contributed by atoms with van der Waals surface area (Å²) in [5.41, 5.74) is 0.705. The maximum Gasteiger partial charge on any atom is 0.130 e. The summed E-state index contributed by atoms with van der Waals surface area (Å²) in [6, 6.07) is 3.66. The summed E-state index contributed by atoms with van der Waals surface area (Å²) in [6.45, 7) is 1.22. The lowest BCUT2D eigenvalue weighted by molar-refractivity contribution is -0.0718. The van der Waals surface area contributed by atoms with Crippen LogP contribution in [0.3, 0.4) is 0 Å². The summed E-state index contributed by atoms with van der Waals surface area (Å²) in [4.78, 5) is 0. The van der Waals surface area contributed by atoms with Crippen molar-refractivity contribution in [3.8, 4) is 17.2 Å². The number of hydrogen-bond donors (Lipinski definition) is 1. The first-order valence-electron chi connectivity index (χ1n) is 6.20. The molecule has 0 atom stereocenters. The number of hydrogen-bond acceptors (Lipinski definition) is 5. The van der Waals surface area contributed by atoms with Gasteiger partial charge in [0.05, 0.1) is 40.0 Å². The average molecular weight is 268 g/mol. The van der Waals surface area contributed by atoms with Crippen molar-refractivity contribution in [3.63, 3.8) is 0 Å². The zero-order valence-corrected chi connectivity index (χ0v) is 11.6. The van der Waals surface area contributed by atoms with E-state index >= 15 is 0 Å². The second-order valence-electron chi connectivity index (χ2n) is 4.65. The molecule has 1 aromatic rings. The second kappa shape index (κ2) is 5.67. The van der Waals surface area contributed by atoms with Gasteiger partial charge in [0.25, 0.3) is 0 Å². The van der Waals surface area contributed by atoms with E-state index in [1.54, 1.807) is 21.3 Å². The lowest BCUT2D eigenvalue weighted by Crippen LogP contribution is -2.47. The Morgan fingerprint density at radius 1 is 1.11 bits per heavy atom. The van der Waals surface area contributed by atoms with Gasteiger partial charge in [0.2, 0.25) is 0 Å². The lowest BCUT2D eigenvalue weighted by Gasteiger charge is -2.42. The second-order valence-corrected chi connectivity index (χ2v) is 4.65. The molecule has 0 unspecified atom stereocenters. The summed E-state index contributed by atoms with van der Waals surface area (Å²) in [7, 11) is 4.83. The molecule has 1 aliphatic rings. The Bertz CT molecular complexity index is 414. The maximum atomic E-state index is 9.29. The molecule has 0 aromatic heterocycles. The van der Waals surface area contributed by atoms with Gasteiger partial charge in [0.1, 0.15) is 17.2 Å². The Balaban J connectivity index is 2.53. The largest absolute Gasteiger partial charge is 0.496 e. The molecule has 19 heavy (non-hydrogen) atoms. The Hall–Kier alpha value is -1.46. The van der Waals surface area contributed by atoms with Crippen LogP contribution in [0.15, 0.2) is 12.1 Å². The van der Waals surface area contributed by atoms with Gasteiger partial charge in [-0.15, -0.1) is 0 Å². The highest BCUT2D eigenvalue weighted by Gasteiger charge is 2.44. The van der Waals surface area contributed by atoms with Crippen molar-refractivity contribution in [2.45, 2.75) is 11.8 Å². The fourth-order valence-electron chi connectivity index (χ4n) is 2.50. The van der Waals surface area contributed by atoms with Gasteiger partial charge in [-0.1, -0.05) is 0 Å². The van der Waals surface area contributed by atoms with Gasteiger partial charge >= 0.3 is 0 Å². The van der Waals surface area contributed by atoms with Gasteiger partial charge in [-0.05, 0) is 6.42 Å². The van der Waals surface area contributed by atoms with E-state index in [1.807, 2.05) is 12.1 Å². The molecule has 0 aliphatic carbocycles. The van der Waals surface area contributed by atoms with E-state index in [0.717, 1.165) is 5.56 Å². The molecule has 1 aliphatic heterocycles. The zero-order valence-electron chi connectivity index (χ0n) is 11.6. The molecular weight excluding hydrogens is 248 g/mol. The zero-order chi connectivity index (χ0) is 13.9. The van der Waals surface area contributed by atoms with Gasteiger partial charge in [-0.25, -0.2) is 0 Å². The maximum absolute atomic E-state index is 9.29. The number of methoxy groups -OCH3 is 3. The third-order valence-corrected chi connectivity index (χ3v) is 3.59. The summed E-state index contributed by atoms with van der Waals surface area (Å²) in [5, 5.41) is 9.29. The normalized spacial score (nSPS) is 16.6. The van der Waals surface area contributed by atoms with Crippen LogP contribution in [0.5, 0.6) is 17.2 Å². The van der Waals surface area contributed by atoms with Crippen molar-refractivity contribution in [1.29, 1.82) is 0 Å². The van der Waals surface area contributed by atoms with Crippen LogP contribution in [0.25, 0.3) is 0 Å². The van der Waals surface area contributed by atoms with Crippen LogP contribution in [0, 0.1) is 0 Å². The Morgan fingerprint density at radius 2 is 1.68 bits per heavy atom. The standard InChI is InChI=1S/C14H20O5/c1-16-10-6-11(17-2)13(12(7-10)18-3)14(4-5-15)8-19-9-14/h6-7,15H,4-5,8-9H2,1-3H3. The highest BCUT2D eigenvalue weighted by Crippen LogP contribution is 2.47. The molecule has 1 aromatic carbocycles. The summed E-state index contributed by atoms with van der Waals surface area (Å²) in [5.74, 6) is 2.08. The fraction of sp³-hybridized carbons (Fsp3) is 0.571. The predicted molar refractivity (Wildman–Crippen MR) is 70.3 cm³/mol. The first kappa shape index (κ1) is 14.0. The molecule has 0 bridgehead atoms. The van der Waals surface area contributed by atoms with Crippen LogP contribution in [0.4, 0.5) is 0 Å². The van der Waals surface area contributed by atoms with Crippen LogP contribution in [0.2, 0.25) is 0 Å². The SMILES string of the molecule is COc1cc(OC)c(C2(CCO)COC2)c(OC)c1. The van der Waals surface area contributed by atoms with Crippen molar-refractivity contribution in [2.75, 3.05) is 41.2 Å². The molecule has 5 nitrogen and oxygen atoms in total. The van der Waals surface area contributed by atoms with Crippen molar-refractivity contribution in [1.82, 2.24) is 0 Å². The minimum atomic E-state index is -0.238. The number of ether oxygens (including phenoxy) is 4.